The minimum absolute atomic E-state index is 0.280. The van der Waals surface area contributed by atoms with Gasteiger partial charge in [0.1, 0.15) is 0 Å². The highest BCUT2D eigenvalue weighted by Gasteiger charge is 2.12. The zero-order valence-electron chi connectivity index (χ0n) is 8.50. The van der Waals surface area contributed by atoms with E-state index in [9.17, 15) is 5.11 Å². The quantitative estimate of drug-likeness (QED) is 0.841. The number of aliphatic hydroxyl groups excluding tert-OH is 1. The Morgan fingerprint density at radius 2 is 2.14 bits per heavy atom. The fraction of sp³-hybridized carbons (Fsp3) is 0.455. The van der Waals surface area contributed by atoms with Crippen molar-refractivity contribution in [2.24, 2.45) is 5.73 Å². The van der Waals surface area contributed by atoms with Crippen LogP contribution in [0.5, 0.6) is 0 Å². The molecule has 0 heterocycles. The molecule has 0 saturated carbocycles. The summed E-state index contributed by atoms with van der Waals surface area (Å²) in [7, 11) is 0. The molecule has 1 aromatic carbocycles. The van der Waals surface area contributed by atoms with Crippen LogP contribution >= 0.6 is 22.6 Å². The highest BCUT2D eigenvalue weighted by molar-refractivity contribution is 14.1. The average molecular weight is 305 g/mol. The number of hydrogen-bond donors (Lipinski definition) is 2. The van der Waals surface area contributed by atoms with Crippen LogP contribution in [0.15, 0.2) is 18.2 Å². The standard InChI is InChI=1S/C11H16INO/c1-3-8-6-9(4-5-10(8)12)11(13)7(2)14/h4-7,11,14H,3,13H2,1-2H3/t7?,11-/m1/s1. The predicted octanol–water partition coefficient (Wildman–Crippen LogP) is 2.23. The molecule has 0 aliphatic heterocycles. The molecule has 0 bridgehead atoms. The molecule has 2 atom stereocenters. The molecule has 0 aromatic heterocycles. The van der Waals surface area contributed by atoms with Crippen molar-refractivity contribution in [3.63, 3.8) is 0 Å². The number of rotatable bonds is 3. The van der Waals surface area contributed by atoms with E-state index in [0.717, 1.165) is 12.0 Å². The Morgan fingerprint density at radius 1 is 1.50 bits per heavy atom. The molecule has 0 fully saturated rings. The van der Waals surface area contributed by atoms with Crippen molar-refractivity contribution in [2.45, 2.75) is 32.4 Å². The van der Waals surface area contributed by atoms with Gasteiger partial charge in [0.25, 0.3) is 0 Å². The monoisotopic (exact) mass is 305 g/mol. The zero-order valence-corrected chi connectivity index (χ0v) is 10.7. The van der Waals surface area contributed by atoms with Gasteiger partial charge < -0.3 is 10.8 Å². The van der Waals surface area contributed by atoms with Gasteiger partial charge in [-0.3, -0.25) is 0 Å². The molecule has 1 rings (SSSR count). The Balaban J connectivity index is 3.00. The summed E-state index contributed by atoms with van der Waals surface area (Å²) in [5.41, 5.74) is 8.16. The SMILES string of the molecule is CCc1cc([C@H](N)C(C)O)ccc1I. The highest BCUT2D eigenvalue weighted by atomic mass is 127. The van der Waals surface area contributed by atoms with Crippen molar-refractivity contribution in [1.29, 1.82) is 0 Å². The van der Waals surface area contributed by atoms with Gasteiger partial charge in [0.2, 0.25) is 0 Å². The second-order valence-electron chi connectivity index (χ2n) is 3.47. The molecule has 0 saturated heterocycles. The van der Waals surface area contributed by atoms with Crippen LogP contribution in [-0.2, 0) is 6.42 Å². The molecule has 1 unspecified atom stereocenters. The first kappa shape index (κ1) is 11.9. The lowest BCUT2D eigenvalue weighted by Crippen LogP contribution is -2.23. The zero-order chi connectivity index (χ0) is 10.7. The van der Waals surface area contributed by atoms with Gasteiger partial charge in [-0.1, -0.05) is 19.1 Å². The van der Waals surface area contributed by atoms with Gasteiger partial charge in [0, 0.05) is 3.57 Å². The topological polar surface area (TPSA) is 46.2 Å². The van der Waals surface area contributed by atoms with Crippen molar-refractivity contribution in [1.82, 2.24) is 0 Å². The fourth-order valence-electron chi connectivity index (χ4n) is 1.35. The van der Waals surface area contributed by atoms with Crippen LogP contribution in [0, 0.1) is 3.57 Å². The second-order valence-corrected chi connectivity index (χ2v) is 4.63. The smallest absolute Gasteiger partial charge is 0.0704 e. The average Bonchev–Trinajstić information content (AvgIpc) is 2.17. The number of nitrogens with two attached hydrogens (primary N) is 1. The van der Waals surface area contributed by atoms with Crippen LogP contribution < -0.4 is 5.73 Å². The van der Waals surface area contributed by atoms with Crippen molar-refractivity contribution in [3.05, 3.63) is 32.9 Å². The summed E-state index contributed by atoms with van der Waals surface area (Å²) in [5, 5.41) is 9.38. The molecule has 0 aliphatic carbocycles. The Bertz CT molecular complexity index is 312. The first-order valence-corrected chi connectivity index (χ1v) is 5.86. The third-order valence-electron chi connectivity index (χ3n) is 2.36. The van der Waals surface area contributed by atoms with Crippen LogP contribution in [0.25, 0.3) is 0 Å². The summed E-state index contributed by atoms with van der Waals surface area (Å²) in [6.45, 7) is 3.84. The predicted molar refractivity (Wildman–Crippen MR) is 67.1 cm³/mol. The van der Waals surface area contributed by atoms with E-state index in [4.69, 9.17) is 5.73 Å². The molecule has 3 N–H and O–H groups in total. The highest BCUT2D eigenvalue weighted by Crippen LogP contribution is 2.20. The summed E-state index contributed by atoms with van der Waals surface area (Å²) in [5.74, 6) is 0. The summed E-state index contributed by atoms with van der Waals surface area (Å²) >= 11 is 2.31. The molecule has 14 heavy (non-hydrogen) atoms. The Kier molecular flexibility index (Phi) is 4.34. The molecule has 0 amide bonds. The van der Waals surface area contributed by atoms with Gasteiger partial charge in [-0.05, 0) is 53.1 Å². The van der Waals surface area contributed by atoms with Gasteiger partial charge in [0.15, 0.2) is 0 Å². The van der Waals surface area contributed by atoms with E-state index in [1.807, 2.05) is 6.07 Å². The minimum Gasteiger partial charge on any atom is -0.391 e. The van der Waals surface area contributed by atoms with E-state index >= 15 is 0 Å². The Morgan fingerprint density at radius 3 is 2.64 bits per heavy atom. The van der Waals surface area contributed by atoms with Gasteiger partial charge >= 0.3 is 0 Å². The molecule has 1 aromatic rings. The first-order valence-electron chi connectivity index (χ1n) is 4.78. The number of aliphatic hydroxyl groups is 1. The first-order chi connectivity index (χ1) is 6.56. The van der Waals surface area contributed by atoms with Crippen LogP contribution in [-0.4, -0.2) is 11.2 Å². The van der Waals surface area contributed by atoms with Crippen molar-refractivity contribution >= 4 is 22.6 Å². The van der Waals surface area contributed by atoms with E-state index in [-0.39, 0.29) is 6.04 Å². The number of benzene rings is 1. The van der Waals surface area contributed by atoms with E-state index in [1.54, 1.807) is 6.92 Å². The molecule has 2 nitrogen and oxygen atoms in total. The van der Waals surface area contributed by atoms with Crippen molar-refractivity contribution in [2.75, 3.05) is 0 Å². The van der Waals surface area contributed by atoms with E-state index in [1.165, 1.54) is 9.13 Å². The number of halogens is 1. The maximum absolute atomic E-state index is 9.38. The summed E-state index contributed by atoms with van der Waals surface area (Å²) in [6, 6.07) is 5.84. The molecule has 0 aliphatic rings. The molecular weight excluding hydrogens is 289 g/mol. The Labute approximate surface area is 98.7 Å². The molecule has 78 valence electrons. The minimum atomic E-state index is -0.500. The lowest BCUT2D eigenvalue weighted by atomic mass is 10.0. The summed E-state index contributed by atoms with van der Waals surface area (Å²) < 4.78 is 1.26. The number of aryl methyl sites for hydroxylation is 1. The van der Waals surface area contributed by atoms with Gasteiger partial charge in [-0.25, -0.2) is 0 Å². The van der Waals surface area contributed by atoms with E-state index < -0.39 is 6.10 Å². The molecule has 0 radical (unpaired) electrons. The largest absolute Gasteiger partial charge is 0.391 e. The second kappa shape index (κ2) is 5.09. The van der Waals surface area contributed by atoms with Gasteiger partial charge in [0.05, 0.1) is 12.1 Å². The maximum Gasteiger partial charge on any atom is 0.0704 e. The lowest BCUT2D eigenvalue weighted by Gasteiger charge is -2.16. The third-order valence-corrected chi connectivity index (χ3v) is 3.41. The molecule has 0 spiro atoms. The van der Waals surface area contributed by atoms with Crippen molar-refractivity contribution in [3.8, 4) is 0 Å². The molecule has 3 heteroatoms. The van der Waals surface area contributed by atoms with Crippen molar-refractivity contribution < 1.29 is 5.11 Å². The number of hydrogen-bond acceptors (Lipinski definition) is 2. The van der Waals surface area contributed by atoms with E-state index in [2.05, 4.69) is 41.6 Å². The van der Waals surface area contributed by atoms with Crippen LogP contribution in [0.1, 0.15) is 31.0 Å². The van der Waals surface area contributed by atoms with E-state index in [0.29, 0.717) is 0 Å². The third kappa shape index (κ3) is 2.68. The Hall–Kier alpha value is -0.130. The fourth-order valence-corrected chi connectivity index (χ4v) is 2.07. The normalized spacial score (nSPS) is 15.2. The van der Waals surface area contributed by atoms with Crippen LogP contribution in [0.4, 0.5) is 0 Å². The summed E-state index contributed by atoms with van der Waals surface area (Å²) in [6.07, 6.45) is 0.498. The maximum atomic E-state index is 9.38. The lowest BCUT2D eigenvalue weighted by molar-refractivity contribution is 0.164. The summed E-state index contributed by atoms with van der Waals surface area (Å²) in [4.78, 5) is 0. The molecular formula is C11H16INO. The van der Waals surface area contributed by atoms with Gasteiger partial charge in [-0.2, -0.15) is 0 Å². The van der Waals surface area contributed by atoms with Crippen LogP contribution in [0.3, 0.4) is 0 Å². The van der Waals surface area contributed by atoms with Gasteiger partial charge in [-0.15, -0.1) is 0 Å². The van der Waals surface area contributed by atoms with Crippen LogP contribution in [0.2, 0.25) is 0 Å².